The third kappa shape index (κ3) is 14.0. The molecule has 0 atom stereocenters. The first-order chi connectivity index (χ1) is 39.0. The molecule has 0 unspecified atom stereocenters. The highest BCUT2D eigenvalue weighted by Gasteiger charge is 2.35. The van der Waals surface area contributed by atoms with Crippen LogP contribution in [0.1, 0.15) is 129 Å². The number of pyridine rings is 4. The first kappa shape index (κ1) is 60.8. The van der Waals surface area contributed by atoms with Crippen LogP contribution in [-0.2, 0) is 48.1 Å². The molecule has 1 amide bonds. The molecule has 10 rings (SSSR count). The molecule has 8 aromatic heterocycles. The van der Waals surface area contributed by atoms with Crippen molar-refractivity contribution in [2.75, 3.05) is 10.2 Å². The molecule has 0 aliphatic heterocycles. The summed E-state index contributed by atoms with van der Waals surface area (Å²) >= 11 is 5.11. The first-order valence-corrected chi connectivity index (χ1v) is 27.1. The van der Waals surface area contributed by atoms with E-state index in [-0.39, 0.29) is 81.2 Å². The highest BCUT2D eigenvalue weighted by Crippen LogP contribution is 2.35. The number of nitrogens with one attached hydrogen (secondary N) is 3. The maximum absolute atomic E-state index is 13.3. The fourth-order valence-corrected chi connectivity index (χ4v) is 8.45. The lowest BCUT2D eigenvalue weighted by Crippen LogP contribution is -2.39. The molecular weight excluding hydrogens is 1110 g/mol. The zero-order valence-corrected chi connectivity index (χ0v) is 47.4. The molecule has 440 valence electrons. The van der Waals surface area contributed by atoms with Gasteiger partial charge in [0.2, 0.25) is 11.1 Å². The summed E-state index contributed by atoms with van der Waals surface area (Å²) in [4.78, 5) is 108. The predicted octanol–water partition coefficient (Wildman–Crippen LogP) is 10.2. The molecule has 20 nitrogen and oxygen atoms in total. The molecule has 2 aliphatic carbocycles. The van der Waals surface area contributed by atoms with Gasteiger partial charge in [-0.1, -0.05) is 67.5 Å². The standard InChI is InChI=1S/C28H30F3N7O3.C23H22F3N7O2.C5H9ClO/c1-5-12-36-23-21(24(39)38(26(36)41)18-8-9-18)34-22(35-23)17-7-11-20(33-14-17)37(25(40)27(2,3)4)15-16-6-10-19(32-13-16)28(29,30)31;1-2-9-32-20-18(21(34)33(22(32)35)15-5-6-15)30-19(31-20)14-4-8-17(29-12-14)28-11-13-3-7-16(27-10-13)23(24,25)26;1-5(2,3)4(6)7/h6-7,10-11,13-14,18H,5,8-9,12,15H2,1-4H3,(H,34,35);3-4,7-8,10,12,15H,2,5-6,9,11H2,1H3,(H,28,29)(H,30,31);1-3H3. The van der Waals surface area contributed by atoms with Crippen molar-refractivity contribution >= 4 is 56.7 Å². The molecule has 0 saturated heterocycles. The van der Waals surface area contributed by atoms with Crippen molar-refractivity contribution in [1.29, 1.82) is 0 Å². The van der Waals surface area contributed by atoms with E-state index in [4.69, 9.17) is 11.6 Å². The minimum Gasteiger partial charge on any atom is -0.366 e. The Morgan fingerprint density at radius 1 is 0.614 bits per heavy atom. The van der Waals surface area contributed by atoms with Crippen molar-refractivity contribution in [2.24, 2.45) is 10.8 Å². The van der Waals surface area contributed by atoms with E-state index in [1.165, 1.54) is 47.7 Å². The molecule has 0 spiro atoms. The summed E-state index contributed by atoms with van der Waals surface area (Å²) in [7, 11) is 0. The van der Waals surface area contributed by atoms with Crippen LogP contribution in [0.5, 0.6) is 0 Å². The van der Waals surface area contributed by atoms with Gasteiger partial charge in [0.15, 0.2) is 11.3 Å². The number of aromatic nitrogens is 12. The fourth-order valence-electron chi connectivity index (χ4n) is 8.45. The van der Waals surface area contributed by atoms with Gasteiger partial charge in [0.25, 0.3) is 11.1 Å². The van der Waals surface area contributed by atoms with Gasteiger partial charge in [-0.15, -0.1) is 0 Å². The number of alkyl halides is 6. The third-order valence-electron chi connectivity index (χ3n) is 13.2. The van der Waals surface area contributed by atoms with Crippen molar-refractivity contribution in [2.45, 2.75) is 145 Å². The van der Waals surface area contributed by atoms with E-state index in [0.717, 1.165) is 50.4 Å². The topological polar surface area (TPSA) is 246 Å². The highest BCUT2D eigenvalue weighted by atomic mass is 35.5. The average Bonchev–Trinajstić information content (AvgIpc) is 3.24. The van der Waals surface area contributed by atoms with Gasteiger partial charge in [0.1, 0.15) is 45.7 Å². The number of nitrogens with zero attached hydrogens (tertiary/aromatic N) is 11. The second kappa shape index (κ2) is 23.9. The third-order valence-corrected chi connectivity index (χ3v) is 13.8. The maximum Gasteiger partial charge on any atom is 0.433 e. The van der Waals surface area contributed by atoms with Crippen molar-refractivity contribution in [3.05, 3.63) is 138 Å². The quantitative estimate of drug-likeness (QED) is 0.0678. The zero-order valence-electron chi connectivity index (χ0n) is 46.7. The Balaban J connectivity index is 0.000000196. The number of fused-ring (bicyclic) bond motifs is 2. The number of aromatic amines is 2. The number of hydrogen-bond acceptors (Lipinski definition) is 13. The number of rotatable bonds is 14. The molecule has 2 saturated carbocycles. The smallest absolute Gasteiger partial charge is 0.366 e. The number of imidazole rings is 2. The molecule has 0 bridgehead atoms. The summed E-state index contributed by atoms with van der Waals surface area (Å²) < 4.78 is 82.5. The summed E-state index contributed by atoms with van der Waals surface area (Å²) in [5.74, 6) is 1.26. The highest BCUT2D eigenvalue weighted by molar-refractivity contribution is 6.64. The van der Waals surface area contributed by atoms with Crippen LogP contribution in [0.25, 0.3) is 45.1 Å². The van der Waals surface area contributed by atoms with Crippen molar-refractivity contribution in [3.8, 4) is 22.8 Å². The van der Waals surface area contributed by atoms with Crippen LogP contribution in [-0.4, -0.2) is 69.3 Å². The zero-order chi connectivity index (χ0) is 60.5. The molecule has 3 N–H and O–H groups in total. The predicted molar refractivity (Wildman–Crippen MR) is 300 cm³/mol. The van der Waals surface area contributed by atoms with E-state index in [1.54, 1.807) is 72.0 Å². The molecule has 0 aromatic carbocycles. The van der Waals surface area contributed by atoms with Crippen LogP contribution in [0, 0.1) is 10.8 Å². The largest absolute Gasteiger partial charge is 0.433 e. The number of anilines is 2. The van der Waals surface area contributed by atoms with Crippen LogP contribution in [0.3, 0.4) is 0 Å². The minimum absolute atomic E-state index is 0.0395. The average molecular weight is 1180 g/mol. The Hall–Kier alpha value is -8.29. The Labute approximate surface area is 475 Å². The van der Waals surface area contributed by atoms with Crippen LogP contribution in [0.4, 0.5) is 38.0 Å². The lowest BCUT2D eigenvalue weighted by atomic mass is 9.94. The Kier molecular flexibility index (Phi) is 17.5. The van der Waals surface area contributed by atoms with E-state index in [9.17, 15) is 55.1 Å². The van der Waals surface area contributed by atoms with Crippen LogP contribution in [0.15, 0.2) is 92.5 Å². The minimum atomic E-state index is -4.57. The normalized spacial score (nSPS) is 13.8. The van der Waals surface area contributed by atoms with Gasteiger partial charge in [-0.25, -0.2) is 29.5 Å². The second-order valence-electron chi connectivity index (χ2n) is 22.2. The fraction of sp³-hybridized carbons (Fsp3) is 0.429. The van der Waals surface area contributed by atoms with E-state index >= 15 is 0 Å². The summed E-state index contributed by atoms with van der Waals surface area (Å²) in [6.07, 6.45) is 0.871. The number of aryl methyl sites for hydroxylation is 2. The molecule has 8 heterocycles. The number of halogens is 7. The maximum atomic E-state index is 13.3. The molecule has 0 radical (unpaired) electrons. The van der Waals surface area contributed by atoms with Gasteiger partial charge in [-0.05, 0) is 97.7 Å². The molecule has 8 aromatic rings. The van der Waals surface area contributed by atoms with E-state index < -0.39 is 34.7 Å². The molecular formula is C56H61ClF6N14O6. The van der Waals surface area contributed by atoms with E-state index in [1.807, 2.05) is 13.8 Å². The summed E-state index contributed by atoms with van der Waals surface area (Å²) in [6.45, 7) is 15.5. The summed E-state index contributed by atoms with van der Waals surface area (Å²) in [6, 6.07) is 11.0. The van der Waals surface area contributed by atoms with Crippen molar-refractivity contribution in [1.82, 2.24) is 58.1 Å². The van der Waals surface area contributed by atoms with Gasteiger partial charge in [-0.2, -0.15) is 26.3 Å². The van der Waals surface area contributed by atoms with E-state index in [0.29, 0.717) is 64.9 Å². The van der Waals surface area contributed by atoms with Crippen molar-refractivity contribution in [3.63, 3.8) is 0 Å². The van der Waals surface area contributed by atoms with Gasteiger partial charge in [0, 0.05) is 78.5 Å². The lowest BCUT2D eigenvalue weighted by molar-refractivity contribution is -0.142. The lowest BCUT2D eigenvalue weighted by Gasteiger charge is -2.29. The SMILES string of the molecule is CC(C)(C)C(=O)Cl.CCCn1c(=O)n(C2CC2)c(=O)c2[nH]c(-c3ccc(N(Cc4ccc(C(F)(F)F)nc4)C(=O)C(C)(C)C)nc3)nc21.CCCn1c(=O)n(C2CC2)c(=O)c2[nH]c(-c3ccc(NCc4ccc(C(F)(F)F)nc4)nc3)nc21. The monoisotopic (exact) mass is 1170 g/mol. The molecule has 2 aliphatic rings. The Morgan fingerprint density at radius 2 is 1.06 bits per heavy atom. The number of amides is 1. The number of hydrogen-bond donors (Lipinski definition) is 3. The van der Waals surface area contributed by atoms with Crippen LogP contribution < -0.4 is 32.7 Å². The first-order valence-electron chi connectivity index (χ1n) is 26.7. The van der Waals surface area contributed by atoms with Crippen LogP contribution in [0.2, 0.25) is 0 Å². The number of carbonyl (C=O) groups excluding carboxylic acids is 2. The number of H-pyrrole nitrogens is 2. The van der Waals surface area contributed by atoms with Gasteiger partial charge in [-0.3, -0.25) is 52.3 Å². The van der Waals surface area contributed by atoms with Gasteiger partial charge < -0.3 is 15.3 Å². The van der Waals surface area contributed by atoms with Gasteiger partial charge >= 0.3 is 23.7 Å². The summed E-state index contributed by atoms with van der Waals surface area (Å²) in [5, 5.41) is 2.75. The molecule has 2 fully saturated rings. The van der Waals surface area contributed by atoms with Crippen molar-refractivity contribution < 1.29 is 35.9 Å². The second-order valence-corrected chi connectivity index (χ2v) is 22.5. The van der Waals surface area contributed by atoms with Crippen LogP contribution >= 0.6 is 11.6 Å². The molecule has 27 heteroatoms. The Bertz CT molecular complexity index is 3900. The molecule has 83 heavy (non-hydrogen) atoms. The summed E-state index contributed by atoms with van der Waals surface area (Å²) in [5.41, 5.74) is -1.36. The van der Waals surface area contributed by atoms with E-state index in [2.05, 4.69) is 45.2 Å². The Morgan fingerprint density at radius 3 is 1.41 bits per heavy atom. The number of carbonyl (C=O) groups is 2. The van der Waals surface area contributed by atoms with Gasteiger partial charge in [0.05, 0.1) is 6.54 Å².